The van der Waals surface area contributed by atoms with Crippen LogP contribution in [0.25, 0.3) is 11.3 Å². The predicted molar refractivity (Wildman–Crippen MR) is 108 cm³/mol. The minimum Gasteiger partial charge on any atom is -0.475 e. The fourth-order valence-corrected chi connectivity index (χ4v) is 3.19. The van der Waals surface area contributed by atoms with Gasteiger partial charge in [-0.2, -0.15) is 26.3 Å². The number of benzene rings is 1. The van der Waals surface area contributed by atoms with Gasteiger partial charge < -0.3 is 15.5 Å². The van der Waals surface area contributed by atoms with Crippen LogP contribution in [-0.2, 0) is 32.4 Å². The summed E-state index contributed by atoms with van der Waals surface area (Å²) in [5.74, 6) is -5.51. The van der Waals surface area contributed by atoms with Crippen molar-refractivity contribution in [3.05, 3.63) is 41.9 Å². The molecule has 2 heterocycles. The van der Waals surface area contributed by atoms with Crippen molar-refractivity contribution in [2.75, 3.05) is 6.26 Å². The molecular weight excluding hydrogens is 512 g/mol. The summed E-state index contributed by atoms with van der Waals surface area (Å²) < 4.78 is 86.5. The molecule has 0 bridgehead atoms. The van der Waals surface area contributed by atoms with E-state index in [0.29, 0.717) is 10.9 Å². The maximum absolute atomic E-state index is 11.5. The molecule has 1 aromatic carbocycles. The SMILES string of the molecule is CC1Cc2ncnc(-c3ccc(S(C)(=O)=O)cc3)c2CN1.O=C(O)C(F)(F)F.O=C(O)C(F)(F)F. The number of nitrogens with zero attached hydrogens (tertiary/aromatic N) is 2. The number of halogens is 6. The van der Waals surface area contributed by atoms with Crippen LogP contribution in [0.4, 0.5) is 26.3 Å². The fraction of sp³-hybridized carbons (Fsp3) is 0.368. The summed E-state index contributed by atoms with van der Waals surface area (Å²) in [6.07, 6.45) is -6.50. The molecule has 1 aliphatic heterocycles. The number of aliphatic carboxylic acids is 2. The first-order valence-corrected chi connectivity index (χ1v) is 11.2. The molecule has 3 N–H and O–H groups in total. The Morgan fingerprint density at radius 2 is 1.43 bits per heavy atom. The summed E-state index contributed by atoms with van der Waals surface area (Å²) in [4.78, 5) is 26.9. The molecule has 9 nitrogen and oxygen atoms in total. The van der Waals surface area contributed by atoms with Gasteiger partial charge in [-0.15, -0.1) is 0 Å². The summed E-state index contributed by atoms with van der Waals surface area (Å²) in [6, 6.07) is 7.26. The van der Waals surface area contributed by atoms with Crippen LogP contribution in [-0.4, -0.2) is 65.2 Å². The van der Waals surface area contributed by atoms with Gasteiger partial charge in [-0.3, -0.25) is 0 Å². The summed E-state index contributed by atoms with van der Waals surface area (Å²) in [5, 5.41) is 17.7. The molecule has 35 heavy (non-hydrogen) atoms. The number of alkyl halides is 6. The van der Waals surface area contributed by atoms with Crippen molar-refractivity contribution in [3.8, 4) is 11.3 Å². The second kappa shape index (κ2) is 11.4. The molecule has 194 valence electrons. The van der Waals surface area contributed by atoms with Crippen LogP contribution in [0, 0.1) is 0 Å². The first-order valence-electron chi connectivity index (χ1n) is 9.30. The molecule has 1 atom stereocenters. The molecule has 0 saturated heterocycles. The van der Waals surface area contributed by atoms with E-state index >= 15 is 0 Å². The quantitative estimate of drug-likeness (QED) is 0.498. The van der Waals surface area contributed by atoms with E-state index in [0.717, 1.165) is 35.5 Å². The molecule has 3 rings (SSSR count). The van der Waals surface area contributed by atoms with Crippen molar-refractivity contribution in [2.24, 2.45) is 0 Å². The molecule has 2 aromatic rings. The molecule has 0 spiro atoms. The molecule has 0 saturated carbocycles. The second-order valence-corrected chi connectivity index (χ2v) is 9.05. The zero-order valence-electron chi connectivity index (χ0n) is 18.0. The number of fused-ring (bicyclic) bond motifs is 1. The lowest BCUT2D eigenvalue weighted by molar-refractivity contribution is -0.193. The summed E-state index contributed by atoms with van der Waals surface area (Å²) >= 11 is 0. The van der Waals surface area contributed by atoms with Crippen molar-refractivity contribution < 1.29 is 54.6 Å². The molecule has 16 heteroatoms. The van der Waals surface area contributed by atoms with Crippen molar-refractivity contribution in [1.82, 2.24) is 15.3 Å². The first kappa shape index (κ1) is 29.8. The smallest absolute Gasteiger partial charge is 0.475 e. The van der Waals surface area contributed by atoms with E-state index in [-0.39, 0.29) is 0 Å². The van der Waals surface area contributed by atoms with Gasteiger partial charge in [0, 0.05) is 36.4 Å². The normalized spacial score (nSPS) is 15.5. The third-order valence-electron chi connectivity index (χ3n) is 4.20. The molecule has 1 aromatic heterocycles. The minimum atomic E-state index is -5.08. The Morgan fingerprint density at radius 3 is 1.83 bits per heavy atom. The fourth-order valence-electron chi connectivity index (χ4n) is 2.56. The van der Waals surface area contributed by atoms with E-state index in [1.54, 1.807) is 30.6 Å². The van der Waals surface area contributed by atoms with E-state index in [1.807, 2.05) is 0 Å². The lowest BCUT2D eigenvalue weighted by atomic mass is 9.97. The Balaban J connectivity index is 0.000000362. The van der Waals surface area contributed by atoms with Gasteiger partial charge in [0.15, 0.2) is 9.84 Å². The molecule has 0 amide bonds. The van der Waals surface area contributed by atoms with Crippen LogP contribution in [0.2, 0.25) is 0 Å². The molecule has 0 radical (unpaired) electrons. The van der Waals surface area contributed by atoms with Crippen LogP contribution in [0.15, 0.2) is 35.5 Å². The van der Waals surface area contributed by atoms with Gasteiger partial charge in [0.05, 0.1) is 16.3 Å². The highest BCUT2D eigenvalue weighted by atomic mass is 32.2. The van der Waals surface area contributed by atoms with Gasteiger partial charge in [0.25, 0.3) is 0 Å². The Hall–Kier alpha value is -3.27. The standard InChI is InChI=1S/C15H17N3O2S.2C2HF3O2/c1-10-7-14-13(8-16-10)15(18-9-17-14)11-3-5-12(6-4-11)21(2,19)20;2*3-2(4,5)1(6)7/h3-6,9-10,16H,7-8H2,1-2H3;2*(H,6,7). The second-order valence-electron chi connectivity index (χ2n) is 7.04. The van der Waals surface area contributed by atoms with Gasteiger partial charge in [0.1, 0.15) is 6.33 Å². The van der Waals surface area contributed by atoms with E-state index in [9.17, 15) is 34.8 Å². The summed E-state index contributed by atoms with van der Waals surface area (Å²) in [5.41, 5.74) is 3.96. The van der Waals surface area contributed by atoms with Gasteiger partial charge in [-0.05, 0) is 19.1 Å². The van der Waals surface area contributed by atoms with Crippen molar-refractivity contribution in [2.45, 2.75) is 43.2 Å². The van der Waals surface area contributed by atoms with Gasteiger partial charge in [0.2, 0.25) is 0 Å². The predicted octanol–water partition coefficient (Wildman–Crippen LogP) is 2.85. The first-order chi connectivity index (χ1) is 15.8. The lowest BCUT2D eigenvalue weighted by Gasteiger charge is -2.23. The van der Waals surface area contributed by atoms with Crippen LogP contribution in [0.3, 0.4) is 0 Å². The highest BCUT2D eigenvalue weighted by molar-refractivity contribution is 7.90. The topological polar surface area (TPSA) is 147 Å². The summed E-state index contributed by atoms with van der Waals surface area (Å²) in [6.45, 7) is 2.87. The van der Waals surface area contributed by atoms with E-state index in [2.05, 4.69) is 22.2 Å². The molecule has 0 fully saturated rings. The highest BCUT2D eigenvalue weighted by Gasteiger charge is 2.38. The Kier molecular flexibility index (Phi) is 9.73. The van der Waals surface area contributed by atoms with Crippen molar-refractivity contribution in [1.29, 1.82) is 0 Å². The largest absolute Gasteiger partial charge is 0.490 e. The number of carboxylic acids is 2. The van der Waals surface area contributed by atoms with Crippen molar-refractivity contribution >= 4 is 21.8 Å². The van der Waals surface area contributed by atoms with E-state index < -0.39 is 34.1 Å². The average molecular weight is 531 g/mol. The molecular formula is C19H19F6N3O6S. The van der Waals surface area contributed by atoms with Crippen LogP contribution >= 0.6 is 0 Å². The number of carboxylic acid groups (broad SMARTS) is 2. The average Bonchev–Trinajstić information content (AvgIpc) is 2.72. The molecule has 1 unspecified atom stereocenters. The van der Waals surface area contributed by atoms with Crippen LogP contribution in [0.5, 0.6) is 0 Å². The van der Waals surface area contributed by atoms with Gasteiger partial charge in [-0.1, -0.05) is 12.1 Å². The third-order valence-corrected chi connectivity index (χ3v) is 5.33. The summed E-state index contributed by atoms with van der Waals surface area (Å²) in [7, 11) is -3.17. The molecule has 0 aliphatic carbocycles. The zero-order chi connectivity index (χ0) is 27.2. The Morgan fingerprint density at radius 1 is 0.971 bits per heavy atom. The number of nitrogens with one attached hydrogen (secondary N) is 1. The van der Waals surface area contributed by atoms with Crippen molar-refractivity contribution in [3.63, 3.8) is 0 Å². The maximum Gasteiger partial charge on any atom is 0.490 e. The number of hydrogen-bond donors (Lipinski definition) is 3. The number of hydrogen-bond acceptors (Lipinski definition) is 7. The Labute approximate surface area is 194 Å². The number of aromatic nitrogens is 2. The van der Waals surface area contributed by atoms with Crippen LogP contribution in [0.1, 0.15) is 18.2 Å². The van der Waals surface area contributed by atoms with E-state index in [4.69, 9.17) is 19.8 Å². The highest BCUT2D eigenvalue weighted by Crippen LogP contribution is 2.27. The van der Waals surface area contributed by atoms with Gasteiger partial charge in [-0.25, -0.2) is 28.0 Å². The third kappa shape index (κ3) is 9.48. The van der Waals surface area contributed by atoms with Gasteiger partial charge >= 0.3 is 24.3 Å². The number of carbonyl (C=O) groups is 2. The van der Waals surface area contributed by atoms with E-state index in [1.165, 1.54) is 6.26 Å². The van der Waals surface area contributed by atoms with Crippen LogP contribution < -0.4 is 5.32 Å². The number of sulfone groups is 1. The zero-order valence-corrected chi connectivity index (χ0v) is 18.8. The lowest BCUT2D eigenvalue weighted by Crippen LogP contribution is -2.34. The number of rotatable bonds is 2. The minimum absolute atomic E-state index is 0.320. The maximum atomic E-state index is 11.5. The molecule has 1 aliphatic rings. The monoisotopic (exact) mass is 531 g/mol. The Bertz CT molecular complexity index is 1130.